The van der Waals surface area contributed by atoms with Crippen molar-refractivity contribution in [2.75, 3.05) is 0 Å². The van der Waals surface area contributed by atoms with Crippen LogP contribution in [-0.4, -0.2) is 15.5 Å². The Kier molecular flexibility index (Phi) is 3.23. The van der Waals surface area contributed by atoms with E-state index in [9.17, 15) is 9.59 Å². The van der Waals surface area contributed by atoms with Gasteiger partial charge < -0.3 is 9.30 Å². The molecule has 21 heavy (non-hydrogen) atoms. The minimum Gasteiger partial charge on any atom is -0.421 e. The molecular weight excluding hydrogens is 268 g/mol. The Bertz CT molecular complexity index is 870. The molecule has 0 N–H and O–H groups in total. The van der Waals surface area contributed by atoms with Crippen molar-refractivity contribution < 1.29 is 9.53 Å². The molecule has 0 unspecified atom stereocenters. The Morgan fingerprint density at radius 1 is 1.14 bits per heavy atom. The SMILES string of the molecule is Cn1cc(C(=O)Oc2cccnc2)c2ccccc2c1=O. The van der Waals surface area contributed by atoms with E-state index in [2.05, 4.69) is 4.98 Å². The van der Waals surface area contributed by atoms with Crippen LogP contribution in [0.1, 0.15) is 10.4 Å². The van der Waals surface area contributed by atoms with E-state index in [1.807, 2.05) is 0 Å². The van der Waals surface area contributed by atoms with Crippen molar-refractivity contribution in [1.29, 1.82) is 0 Å². The molecule has 0 amide bonds. The molecule has 0 bridgehead atoms. The summed E-state index contributed by atoms with van der Waals surface area (Å²) in [6, 6.07) is 10.3. The molecule has 104 valence electrons. The number of carbonyl (C=O) groups excluding carboxylic acids is 1. The van der Waals surface area contributed by atoms with Crippen molar-refractivity contribution in [1.82, 2.24) is 9.55 Å². The maximum absolute atomic E-state index is 12.3. The Labute approximate surface area is 120 Å². The van der Waals surface area contributed by atoms with Gasteiger partial charge in [0.2, 0.25) is 0 Å². The van der Waals surface area contributed by atoms with Crippen LogP contribution in [0, 0.1) is 0 Å². The van der Waals surface area contributed by atoms with Crippen LogP contribution < -0.4 is 10.3 Å². The molecular formula is C16H12N2O3. The minimum absolute atomic E-state index is 0.150. The highest BCUT2D eigenvalue weighted by Gasteiger charge is 2.15. The predicted molar refractivity (Wildman–Crippen MR) is 78.4 cm³/mol. The zero-order chi connectivity index (χ0) is 14.8. The van der Waals surface area contributed by atoms with Gasteiger partial charge in [0.15, 0.2) is 0 Å². The van der Waals surface area contributed by atoms with E-state index in [4.69, 9.17) is 4.74 Å². The molecule has 0 spiro atoms. The molecule has 3 rings (SSSR count). The fourth-order valence-corrected chi connectivity index (χ4v) is 2.15. The van der Waals surface area contributed by atoms with Crippen LogP contribution in [0.15, 0.2) is 59.8 Å². The van der Waals surface area contributed by atoms with Gasteiger partial charge in [0.05, 0.1) is 11.8 Å². The highest BCUT2D eigenvalue weighted by molar-refractivity contribution is 6.04. The molecule has 0 saturated heterocycles. The fourth-order valence-electron chi connectivity index (χ4n) is 2.15. The van der Waals surface area contributed by atoms with Gasteiger partial charge in [0.1, 0.15) is 5.75 Å². The molecule has 0 aliphatic heterocycles. The first-order valence-electron chi connectivity index (χ1n) is 6.37. The third-order valence-corrected chi connectivity index (χ3v) is 3.16. The standard InChI is InChI=1S/C16H12N2O3/c1-18-10-14(12-6-2-3-7-13(12)15(18)19)16(20)21-11-5-4-8-17-9-11/h2-10H,1H3. The van der Waals surface area contributed by atoms with Crippen LogP contribution in [0.3, 0.4) is 0 Å². The Morgan fingerprint density at radius 3 is 2.62 bits per heavy atom. The number of carbonyl (C=O) groups is 1. The first-order chi connectivity index (χ1) is 10.2. The van der Waals surface area contributed by atoms with Gasteiger partial charge in [0.25, 0.3) is 5.56 Å². The van der Waals surface area contributed by atoms with Gasteiger partial charge in [-0.2, -0.15) is 0 Å². The molecule has 0 fully saturated rings. The van der Waals surface area contributed by atoms with E-state index in [0.717, 1.165) is 0 Å². The molecule has 0 aliphatic rings. The number of hydrogen-bond donors (Lipinski definition) is 0. The molecule has 3 aromatic rings. The van der Waals surface area contributed by atoms with Gasteiger partial charge in [-0.05, 0) is 18.2 Å². The van der Waals surface area contributed by atoms with Gasteiger partial charge >= 0.3 is 5.97 Å². The molecule has 2 heterocycles. The molecule has 1 aromatic carbocycles. The first kappa shape index (κ1) is 13.1. The lowest BCUT2D eigenvalue weighted by atomic mass is 10.1. The van der Waals surface area contributed by atoms with Gasteiger partial charge in [-0.1, -0.05) is 18.2 Å². The smallest absolute Gasteiger partial charge is 0.345 e. The molecule has 0 aliphatic carbocycles. The Morgan fingerprint density at radius 2 is 1.90 bits per heavy atom. The van der Waals surface area contributed by atoms with Crippen LogP contribution in [0.2, 0.25) is 0 Å². The number of esters is 1. The normalized spacial score (nSPS) is 10.5. The Balaban J connectivity index is 2.10. The van der Waals surface area contributed by atoms with Crippen LogP contribution >= 0.6 is 0 Å². The Hall–Kier alpha value is -2.95. The van der Waals surface area contributed by atoms with Crippen LogP contribution in [0.5, 0.6) is 5.75 Å². The molecule has 0 atom stereocenters. The van der Waals surface area contributed by atoms with Gasteiger partial charge in [-0.15, -0.1) is 0 Å². The quantitative estimate of drug-likeness (QED) is 0.675. The van der Waals surface area contributed by atoms with Crippen molar-refractivity contribution in [2.24, 2.45) is 7.05 Å². The van der Waals surface area contributed by atoms with Gasteiger partial charge in [0, 0.05) is 30.2 Å². The van der Waals surface area contributed by atoms with E-state index < -0.39 is 5.97 Å². The fraction of sp³-hybridized carbons (Fsp3) is 0.0625. The number of benzene rings is 1. The molecule has 0 saturated carbocycles. The molecule has 5 nitrogen and oxygen atoms in total. The summed E-state index contributed by atoms with van der Waals surface area (Å²) in [5, 5.41) is 1.06. The number of aromatic nitrogens is 2. The summed E-state index contributed by atoms with van der Waals surface area (Å²) >= 11 is 0. The maximum Gasteiger partial charge on any atom is 0.345 e. The second-order valence-electron chi connectivity index (χ2n) is 4.58. The predicted octanol–water partition coefficient (Wildman–Crippen LogP) is 2.15. The van der Waals surface area contributed by atoms with Crippen LogP contribution in [-0.2, 0) is 7.05 Å². The van der Waals surface area contributed by atoms with Crippen LogP contribution in [0.4, 0.5) is 0 Å². The molecule has 5 heteroatoms. The second kappa shape index (κ2) is 5.20. The average molecular weight is 280 g/mol. The maximum atomic E-state index is 12.3. The third-order valence-electron chi connectivity index (χ3n) is 3.16. The lowest BCUT2D eigenvalue weighted by molar-refractivity contribution is 0.0735. The topological polar surface area (TPSA) is 61.2 Å². The zero-order valence-corrected chi connectivity index (χ0v) is 11.3. The summed E-state index contributed by atoms with van der Waals surface area (Å²) in [4.78, 5) is 28.3. The number of hydrogen-bond acceptors (Lipinski definition) is 4. The molecule has 0 radical (unpaired) electrons. The van der Waals surface area contributed by atoms with Crippen molar-refractivity contribution in [2.45, 2.75) is 0 Å². The van der Waals surface area contributed by atoms with Crippen LogP contribution in [0.25, 0.3) is 10.8 Å². The van der Waals surface area contributed by atoms with Crippen molar-refractivity contribution in [3.8, 4) is 5.75 Å². The summed E-state index contributed by atoms with van der Waals surface area (Å²) in [6.45, 7) is 0. The van der Waals surface area contributed by atoms with Crippen molar-refractivity contribution >= 4 is 16.7 Å². The number of nitrogens with zero attached hydrogens (tertiary/aromatic N) is 2. The lowest BCUT2D eigenvalue weighted by Crippen LogP contribution is -2.20. The summed E-state index contributed by atoms with van der Waals surface area (Å²) < 4.78 is 6.66. The van der Waals surface area contributed by atoms with Crippen molar-refractivity contribution in [3.63, 3.8) is 0 Å². The highest BCUT2D eigenvalue weighted by Crippen LogP contribution is 2.17. The van der Waals surface area contributed by atoms with Gasteiger partial charge in [-0.25, -0.2) is 4.79 Å². The zero-order valence-electron chi connectivity index (χ0n) is 11.3. The largest absolute Gasteiger partial charge is 0.421 e. The molecule has 2 aromatic heterocycles. The second-order valence-corrected chi connectivity index (χ2v) is 4.58. The number of pyridine rings is 2. The van der Waals surface area contributed by atoms with E-state index >= 15 is 0 Å². The summed E-state index contributed by atoms with van der Waals surface area (Å²) in [5.41, 5.74) is 0.195. The highest BCUT2D eigenvalue weighted by atomic mass is 16.5. The van der Waals surface area contributed by atoms with Gasteiger partial charge in [-0.3, -0.25) is 9.78 Å². The summed E-state index contributed by atoms with van der Waals surface area (Å²) in [7, 11) is 1.61. The third kappa shape index (κ3) is 2.41. The minimum atomic E-state index is -0.519. The number of fused-ring (bicyclic) bond motifs is 1. The first-order valence-corrected chi connectivity index (χ1v) is 6.37. The number of aryl methyl sites for hydroxylation is 1. The van der Waals surface area contributed by atoms with E-state index in [1.165, 1.54) is 17.0 Å². The van der Waals surface area contributed by atoms with E-state index in [1.54, 1.807) is 49.6 Å². The van der Waals surface area contributed by atoms with Crippen molar-refractivity contribution in [3.05, 3.63) is 70.9 Å². The number of ether oxygens (including phenoxy) is 1. The summed E-state index contributed by atoms with van der Waals surface area (Å²) in [5.74, 6) is -0.157. The summed E-state index contributed by atoms with van der Waals surface area (Å²) in [6.07, 6.45) is 4.55. The van der Waals surface area contributed by atoms with E-state index in [-0.39, 0.29) is 5.56 Å². The van der Waals surface area contributed by atoms with E-state index in [0.29, 0.717) is 22.1 Å². The lowest BCUT2D eigenvalue weighted by Gasteiger charge is -2.09. The average Bonchev–Trinajstić information content (AvgIpc) is 2.52. The number of rotatable bonds is 2. The monoisotopic (exact) mass is 280 g/mol.